The molecule has 150 valence electrons. The van der Waals surface area contributed by atoms with Crippen molar-refractivity contribution in [3.8, 4) is 22.8 Å². The summed E-state index contributed by atoms with van der Waals surface area (Å²) in [6.45, 7) is 0.207. The molecule has 0 radical (unpaired) electrons. The van der Waals surface area contributed by atoms with Crippen LogP contribution in [0.1, 0.15) is 10.4 Å². The van der Waals surface area contributed by atoms with Gasteiger partial charge in [-0.1, -0.05) is 0 Å². The molecule has 1 aliphatic rings. The van der Waals surface area contributed by atoms with Crippen LogP contribution in [0.25, 0.3) is 11.3 Å². The van der Waals surface area contributed by atoms with Gasteiger partial charge in [-0.3, -0.25) is 4.79 Å². The topological polar surface area (TPSA) is 77.8 Å². The van der Waals surface area contributed by atoms with E-state index >= 15 is 0 Å². The second kappa shape index (κ2) is 6.97. The van der Waals surface area contributed by atoms with Crippen LogP contribution in [0.3, 0.4) is 0 Å². The Bertz CT molecular complexity index is 1200. The molecule has 0 saturated carbocycles. The minimum atomic E-state index is -3.28. The van der Waals surface area contributed by atoms with E-state index < -0.39 is 9.84 Å². The standard InChI is InChI=1S/C21H20N2O5S/c1-22-12-15(10-18(22)14-4-9-19-20(11-14)28-13-27-19)21(24)23(2)16-5-7-17(8-6-16)29(3,25)26/h4-12H,13H2,1-3H3. The number of aryl methyl sites for hydroxylation is 1. The number of nitrogens with zero attached hydrogens (tertiary/aromatic N) is 2. The number of benzene rings is 2. The molecule has 1 aliphatic heterocycles. The van der Waals surface area contributed by atoms with Gasteiger partial charge in [0.2, 0.25) is 6.79 Å². The molecular weight excluding hydrogens is 392 g/mol. The molecule has 0 saturated heterocycles. The first-order valence-corrected chi connectivity index (χ1v) is 10.8. The molecule has 0 spiro atoms. The van der Waals surface area contributed by atoms with E-state index in [0.29, 0.717) is 22.7 Å². The molecule has 29 heavy (non-hydrogen) atoms. The van der Waals surface area contributed by atoms with Gasteiger partial charge in [-0.05, 0) is 48.5 Å². The highest BCUT2D eigenvalue weighted by Crippen LogP contribution is 2.36. The third kappa shape index (κ3) is 3.58. The van der Waals surface area contributed by atoms with Crippen molar-refractivity contribution in [3.05, 3.63) is 60.3 Å². The van der Waals surface area contributed by atoms with Crippen molar-refractivity contribution >= 4 is 21.4 Å². The van der Waals surface area contributed by atoms with Crippen molar-refractivity contribution in [2.24, 2.45) is 7.05 Å². The van der Waals surface area contributed by atoms with E-state index in [1.165, 1.54) is 17.0 Å². The number of carbonyl (C=O) groups is 1. The molecule has 0 aliphatic carbocycles. The highest BCUT2D eigenvalue weighted by atomic mass is 32.2. The normalized spacial score (nSPS) is 12.8. The quantitative estimate of drug-likeness (QED) is 0.658. The van der Waals surface area contributed by atoms with Gasteiger partial charge in [0, 0.05) is 43.5 Å². The maximum absolute atomic E-state index is 13.0. The van der Waals surface area contributed by atoms with Crippen molar-refractivity contribution in [2.45, 2.75) is 4.90 Å². The van der Waals surface area contributed by atoms with Crippen molar-refractivity contribution < 1.29 is 22.7 Å². The molecule has 4 rings (SSSR count). The fraction of sp³-hybridized carbons (Fsp3) is 0.190. The summed E-state index contributed by atoms with van der Waals surface area (Å²) in [5.74, 6) is 1.19. The molecule has 8 heteroatoms. The molecular formula is C21H20N2O5S. The lowest BCUT2D eigenvalue weighted by Gasteiger charge is -2.16. The predicted molar refractivity (Wildman–Crippen MR) is 109 cm³/mol. The number of carbonyl (C=O) groups excluding carboxylic acids is 1. The minimum absolute atomic E-state index is 0.195. The number of rotatable bonds is 4. The number of sulfone groups is 1. The SMILES string of the molecule is CN(C(=O)c1cc(-c2ccc3c(c2)OCO3)n(C)c1)c1ccc(S(C)(=O)=O)cc1. The largest absolute Gasteiger partial charge is 0.454 e. The number of hydrogen-bond acceptors (Lipinski definition) is 5. The molecule has 0 bridgehead atoms. The van der Waals surface area contributed by atoms with Gasteiger partial charge in [-0.15, -0.1) is 0 Å². The first-order valence-electron chi connectivity index (χ1n) is 8.88. The molecule has 2 aromatic carbocycles. The van der Waals surface area contributed by atoms with Gasteiger partial charge in [0.1, 0.15) is 0 Å². The summed E-state index contributed by atoms with van der Waals surface area (Å²) >= 11 is 0. The second-order valence-electron chi connectivity index (χ2n) is 6.92. The zero-order valence-electron chi connectivity index (χ0n) is 16.2. The Morgan fingerprint density at radius 1 is 1.03 bits per heavy atom. The number of aromatic nitrogens is 1. The zero-order valence-corrected chi connectivity index (χ0v) is 17.1. The highest BCUT2D eigenvalue weighted by molar-refractivity contribution is 7.90. The summed E-state index contributed by atoms with van der Waals surface area (Å²) in [5, 5.41) is 0. The van der Waals surface area contributed by atoms with Gasteiger partial charge >= 0.3 is 0 Å². The van der Waals surface area contributed by atoms with Crippen LogP contribution in [0.5, 0.6) is 11.5 Å². The monoisotopic (exact) mass is 412 g/mol. The Kier molecular flexibility index (Phi) is 4.58. The van der Waals surface area contributed by atoms with E-state index in [9.17, 15) is 13.2 Å². The van der Waals surface area contributed by atoms with Crippen molar-refractivity contribution in [1.82, 2.24) is 4.57 Å². The lowest BCUT2D eigenvalue weighted by molar-refractivity contribution is 0.0993. The van der Waals surface area contributed by atoms with Gasteiger partial charge in [0.15, 0.2) is 21.3 Å². The number of amides is 1. The summed E-state index contributed by atoms with van der Waals surface area (Å²) in [6, 6.07) is 13.7. The molecule has 0 N–H and O–H groups in total. The lowest BCUT2D eigenvalue weighted by atomic mass is 10.1. The predicted octanol–water partition coefficient (Wildman–Crippen LogP) is 3.10. The molecule has 1 amide bonds. The summed E-state index contributed by atoms with van der Waals surface area (Å²) in [6.07, 6.45) is 2.92. The molecule has 0 atom stereocenters. The number of anilines is 1. The van der Waals surface area contributed by atoms with Crippen LogP contribution in [-0.4, -0.2) is 39.0 Å². The zero-order chi connectivity index (χ0) is 20.8. The minimum Gasteiger partial charge on any atom is -0.454 e. The Balaban J connectivity index is 1.60. The molecule has 7 nitrogen and oxygen atoms in total. The number of fused-ring (bicyclic) bond motifs is 1. The third-order valence-electron chi connectivity index (χ3n) is 4.88. The summed E-state index contributed by atoms with van der Waals surface area (Å²) in [5.41, 5.74) is 2.91. The fourth-order valence-electron chi connectivity index (χ4n) is 3.25. The average molecular weight is 412 g/mol. The van der Waals surface area contributed by atoms with E-state index in [2.05, 4.69) is 0 Å². The Labute approximate surface area is 169 Å². The van der Waals surface area contributed by atoms with Crippen molar-refractivity contribution in [1.29, 1.82) is 0 Å². The lowest BCUT2D eigenvalue weighted by Crippen LogP contribution is -2.25. The maximum atomic E-state index is 13.0. The van der Waals surface area contributed by atoms with Gasteiger partial charge in [0.25, 0.3) is 5.91 Å². The Hall–Kier alpha value is -3.26. The van der Waals surface area contributed by atoms with Crippen LogP contribution >= 0.6 is 0 Å². The number of ether oxygens (including phenoxy) is 2. The van der Waals surface area contributed by atoms with E-state index in [4.69, 9.17) is 9.47 Å². The van der Waals surface area contributed by atoms with Crippen LogP contribution < -0.4 is 14.4 Å². The average Bonchev–Trinajstić information content (AvgIpc) is 3.32. The number of hydrogen-bond donors (Lipinski definition) is 0. The molecule has 3 aromatic rings. The third-order valence-corrected chi connectivity index (χ3v) is 6.01. The van der Waals surface area contributed by atoms with Crippen LogP contribution in [0.15, 0.2) is 59.6 Å². The Morgan fingerprint density at radius 2 is 1.72 bits per heavy atom. The summed E-state index contributed by atoms with van der Waals surface area (Å²) in [4.78, 5) is 14.7. The van der Waals surface area contributed by atoms with Crippen molar-refractivity contribution in [2.75, 3.05) is 25.0 Å². The highest BCUT2D eigenvalue weighted by Gasteiger charge is 2.20. The second-order valence-corrected chi connectivity index (χ2v) is 8.94. The van der Waals surface area contributed by atoms with E-state index in [1.54, 1.807) is 25.4 Å². The first-order chi connectivity index (χ1) is 13.7. The first kappa shape index (κ1) is 19.1. The molecule has 0 fully saturated rings. The van der Waals surface area contributed by atoms with Crippen molar-refractivity contribution in [3.63, 3.8) is 0 Å². The molecule has 2 heterocycles. The summed E-state index contributed by atoms with van der Waals surface area (Å²) in [7, 11) is 0.249. The van der Waals surface area contributed by atoms with Gasteiger partial charge in [-0.25, -0.2) is 8.42 Å². The van der Waals surface area contributed by atoms with E-state index in [1.807, 2.05) is 35.9 Å². The maximum Gasteiger partial charge on any atom is 0.259 e. The van der Waals surface area contributed by atoms with Gasteiger partial charge < -0.3 is 18.9 Å². The van der Waals surface area contributed by atoms with Gasteiger partial charge in [-0.2, -0.15) is 0 Å². The summed E-state index contributed by atoms with van der Waals surface area (Å²) < 4.78 is 35.9. The fourth-order valence-corrected chi connectivity index (χ4v) is 3.88. The molecule has 1 aromatic heterocycles. The van der Waals surface area contributed by atoms with E-state index in [0.717, 1.165) is 17.5 Å². The van der Waals surface area contributed by atoms with Crippen LogP contribution in [-0.2, 0) is 16.9 Å². The smallest absolute Gasteiger partial charge is 0.259 e. The van der Waals surface area contributed by atoms with Gasteiger partial charge in [0.05, 0.1) is 10.5 Å². The van der Waals surface area contributed by atoms with Crippen LogP contribution in [0.4, 0.5) is 5.69 Å². The van der Waals surface area contributed by atoms with Crippen LogP contribution in [0.2, 0.25) is 0 Å². The Morgan fingerprint density at radius 3 is 2.41 bits per heavy atom. The van der Waals surface area contributed by atoms with E-state index in [-0.39, 0.29) is 17.6 Å². The van der Waals surface area contributed by atoms with Crippen LogP contribution in [0, 0.1) is 0 Å². The molecule has 0 unspecified atom stereocenters.